The molecule has 3 aromatic heterocycles. The van der Waals surface area contributed by atoms with Crippen LogP contribution in [0.2, 0.25) is 0 Å². The van der Waals surface area contributed by atoms with Crippen LogP contribution in [0.15, 0.2) is 83.1 Å². The van der Waals surface area contributed by atoms with Crippen molar-refractivity contribution in [3.8, 4) is 11.3 Å². The van der Waals surface area contributed by atoms with Crippen molar-refractivity contribution in [1.82, 2.24) is 4.98 Å². The van der Waals surface area contributed by atoms with E-state index in [9.17, 15) is 9.90 Å². The van der Waals surface area contributed by atoms with E-state index in [4.69, 9.17) is 4.42 Å². The number of benzene rings is 3. The van der Waals surface area contributed by atoms with Crippen LogP contribution in [0.5, 0.6) is 0 Å². The minimum absolute atomic E-state index is 0. The van der Waals surface area contributed by atoms with E-state index < -0.39 is 0 Å². The molecule has 1 aliphatic rings. The van der Waals surface area contributed by atoms with E-state index in [1.807, 2.05) is 33.8 Å². The van der Waals surface area contributed by atoms with Gasteiger partial charge in [-0.15, -0.1) is 17.7 Å². The molecular formula is C44H49IrN2O3-. The summed E-state index contributed by atoms with van der Waals surface area (Å²) < 4.78 is 8.39. The van der Waals surface area contributed by atoms with Gasteiger partial charge in [-0.3, -0.25) is 4.79 Å². The Bertz CT molecular complexity index is 2150. The molecule has 1 fully saturated rings. The van der Waals surface area contributed by atoms with Gasteiger partial charge in [-0.1, -0.05) is 83.2 Å². The van der Waals surface area contributed by atoms with Crippen molar-refractivity contribution in [2.75, 3.05) is 0 Å². The molecule has 0 saturated heterocycles. The number of rotatable bonds is 9. The number of carbonyl (C=O) groups is 1. The summed E-state index contributed by atoms with van der Waals surface area (Å²) in [5, 5.41) is 15.8. The number of carbonyl (C=O) groups excluding carboxylic acids is 1. The quantitative estimate of drug-likeness (QED) is 0.0517. The molecule has 1 radical (unpaired) electrons. The Balaban J connectivity index is 0.000000261. The number of ketones is 1. The third-order valence-corrected chi connectivity index (χ3v) is 10.6. The predicted molar refractivity (Wildman–Crippen MR) is 202 cm³/mol. The summed E-state index contributed by atoms with van der Waals surface area (Å²) in [6.45, 7) is 10.2. The van der Waals surface area contributed by atoms with E-state index in [1.54, 1.807) is 6.20 Å². The fourth-order valence-electron chi connectivity index (χ4n) is 7.73. The van der Waals surface area contributed by atoms with Gasteiger partial charge >= 0.3 is 0 Å². The topological polar surface area (TPSA) is 67.2 Å². The Morgan fingerprint density at radius 1 is 0.960 bits per heavy atom. The van der Waals surface area contributed by atoms with Crippen molar-refractivity contribution in [3.05, 3.63) is 103 Å². The van der Waals surface area contributed by atoms with Crippen molar-refractivity contribution < 1.29 is 39.0 Å². The Labute approximate surface area is 310 Å². The number of pyridine rings is 2. The molecule has 263 valence electrons. The number of hydrogen-bond acceptors (Lipinski definition) is 4. The SMILES string of the molecule is CCC(CC)C(=O)/C=C(\O)C(CC)CC.[CH2-][n+]1c(-c2[c-]c(C)cc3c2oc2ncccc23)cc(C2CCCC2)c2c3ccccc3ccc21.[Ir]. The molecule has 0 amide bonds. The van der Waals surface area contributed by atoms with Crippen molar-refractivity contribution >= 4 is 49.5 Å². The van der Waals surface area contributed by atoms with Crippen molar-refractivity contribution in [2.24, 2.45) is 11.8 Å². The monoisotopic (exact) mass is 846 g/mol. The van der Waals surface area contributed by atoms with Gasteiger partial charge in [0.05, 0.1) is 11.3 Å². The molecule has 50 heavy (non-hydrogen) atoms. The zero-order valence-corrected chi connectivity index (χ0v) is 32.4. The maximum Gasteiger partial charge on any atom is 0.216 e. The second kappa shape index (κ2) is 16.4. The average molecular weight is 846 g/mol. The van der Waals surface area contributed by atoms with E-state index >= 15 is 0 Å². The number of aryl methyl sites for hydroxylation is 1. The minimum Gasteiger partial charge on any atom is -0.512 e. The molecule has 1 aliphatic carbocycles. The van der Waals surface area contributed by atoms with E-state index in [-0.39, 0.29) is 43.5 Å². The van der Waals surface area contributed by atoms with Crippen LogP contribution in [0.1, 0.15) is 96.1 Å². The van der Waals surface area contributed by atoms with Crippen LogP contribution >= 0.6 is 0 Å². The molecule has 6 heteroatoms. The Hall–Kier alpha value is -3.99. The number of aliphatic hydroxyl groups excluding tert-OH is 1. The summed E-state index contributed by atoms with van der Waals surface area (Å²) >= 11 is 0. The van der Waals surface area contributed by atoms with Gasteiger partial charge in [-0.2, -0.15) is 0 Å². The van der Waals surface area contributed by atoms with Crippen molar-refractivity contribution in [3.63, 3.8) is 0 Å². The summed E-state index contributed by atoms with van der Waals surface area (Å²) in [6, 6.07) is 25.3. The van der Waals surface area contributed by atoms with Gasteiger partial charge in [0.1, 0.15) is 11.2 Å². The van der Waals surface area contributed by atoms with Gasteiger partial charge in [0.2, 0.25) is 5.71 Å². The van der Waals surface area contributed by atoms with E-state index in [1.165, 1.54) is 53.5 Å². The van der Waals surface area contributed by atoms with Gasteiger partial charge < -0.3 is 14.1 Å². The first-order valence-electron chi connectivity index (χ1n) is 18.2. The number of nitrogens with zero attached hydrogens (tertiary/aromatic N) is 2. The zero-order valence-electron chi connectivity index (χ0n) is 30.0. The first-order valence-corrected chi connectivity index (χ1v) is 18.2. The van der Waals surface area contributed by atoms with Crippen LogP contribution in [-0.4, -0.2) is 15.9 Å². The summed E-state index contributed by atoms with van der Waals surface area (Å²) in [5.41, 5.74) is 7.14. The summed E-state index contributed by atoms with van der Waals surface area (Å²) in [7, 11) is 4.53. The number of fused-ring (bicyclic) bond motifs is 6. The van der Waals surface area contributed by atoms with Gasteiger partial charge in [0, 0.05) is 62.0 Å². The molecule has 3 aromatic carbocycles. The number of hydrogen-bond donors (Lipinski definition) is 1. The predicted octanol–water partition coefficient (Wildman–Crippen LogP) is 11.5. The van der Waals surface area contributed by atoms with Gasteiger partial charge in [-0.05, 0) is 90.6 Å². The molecule has 0 atom stereocenters. The molecule has 0 unspecified atom stereocenters. The molecule has 7 rings (SSSR count). The normalized spacial score (nSPS) is 13.8. The molecule has 5 nitrogen and oxygen atoms in total. The molecule has 0 bridgehead atoms. The maximum absolute atomic E-state index is 11.7. The second-order valence-corrected chi connectivity index (χ2v) is 13.6. The molecule has 0 spiro atoms. The second-order valence-electron chi connectivity index (χ2n) is 13.6. The molecule has 1 N–H and O–H groups in total. The van der Waals surface area contributed by atoms with Gasteiger partial charge in [0.15, 0.2) is 5.78 Å². The van der Waals surface area contributed by atoms with Crippen molar-refractivity contribution in [2.45, 2.75) is 91.9 Å². The summed E-state index contributed by atoms with van der Waals surface area (Å²) in [5.74, 6) is 1.11. The third-order valence-electron chi connectivity index (χ3n) is 10.6. The Kier molecular flexibility index (Phi) is 12.2. The van der Waals surface area contributed by atoms with E-state index in [0.717, 1.165) is 64.4 Å². The maximum atomic E-state index is 11.7. The van der Waals surface area contributed by atoms with E-state index in [0.29, 0.717) is 11.6 Å². The third kappa shape index (κ3) is 7.24. The fourth-order valence-corrected chi connectivity index (χ4v) is 7.73. The Morgan fingerprint density at radius 3 is 2.34 bits per heavy atom. The van der Waals surface area contributed by atoms with Crippen LogP contribution in [-0.2, 0) is 24.9 Å². The zero-order chi connectivity index (χ0) is 34.7. The number of allylic oxidation sites excluding steroid dienone is 2. The largest absolute Gasteiger partial charge is 0.512 e. The first kappa shape index (κ1) is 37.3. The molecular weight excluding hydrogens is 797 g/mol. The minimum atomic E-state index is 0. The van der Waals surface area contributed by atoms with Crippen LogP contribution in [0.25, 0.3) is 55.0 Å². The van der Waals surface area contributed by atoms with Gasteiger partial charge in [-0.25, -0.2) is 4.98 Å². The average Bonchev–Trinajstić information content (AvgIpc) is 3.78. The van der Waals surface area contributed by atoms with E-state index in [2.05, 4.69) is 84.2 Å². The molecule has 6 aromatic rings. The van der Waals surface area contributed by atoms with Crippen LogP contribution in [0.3, 0.4) is 0 Å². The summed E-state index contributed by atoms with van der Waals surface area (Å²) in [6.07, 6.45) is 11.7. The van der Waals surface area contributed by atoms with Crippen LogP contribution in [0.4, 0.5) is 0 Å². The molecule has 1 saturated carbocycles. The number of aromatic nitrogens is 2. The fraction of sp³-hybridized carbons (Fsp3) is 0.364. The van der Waals surface area contributed by atoms with Crippen LogP contribution < -0.4 is 4.57 Å². The molecule has 0 aliphatic heterocycles. The van der Waals surface area contributed by atoms with Crippen LogP contribution in [0, 0.1) is 31.9 Å². The smallest absolute Gasteiger partial charge is 0.216 e. The molecule has 3 heterocycles. The van der Waals surface area contributed by atoms with Crippen molar-refractivity contribution in [1.29, 1.82) is 0 Å². The number of aliphatic hydroxyl groups is 1. The Morgan fingerprint density at radius 2 is 1.64 bits per heavy atom. The van der Waals surface area contributed by atoms with Gasteiger partial charge in [0.25, 0.3) is 0 Å². The number of furan rings is 1. The first-order chi connectivity index (χ1) is 23.8. The standard InChI is InChI=1S/C31H25N2O.C13H24O2.Ir/c1-19-16-25-23-12-7-15-32-31(23)34-30(25)26(17-19)28-18-24(20-8-3-4-9-20)29-22-11-6-5-10-21(22)13-14-27(29)33(28)2;1-5-10(6-2)12(14)9-13(15)11(7-3)8-4;/h5-7,10-16,18,20H,2-4,8-9H2,1H3;9-11,14H,5-8H2,1-4H3;/q-1;;/b;12-9-;. The summed E-state index contributed by atoms with van der Waals surface area (Å²) in [4.78, 5) is 16.2.